The highest BCUT2D eigenvalue weighted by atomic mass is 19.4. The highest BCUT2D eigenvalue weighted by Gasteiger charge is 2.69. The lowest BCUT2D eigenvalue weighted by Crippen LogP contribution is -2.57. The molecule has 0 saturated carbocycles. The van der Waals surface area contributed by atoms with Gasteiger partial charge in [0.1, 0.15) is 18.0 Å². The maximum Gasteiger partial charge on any atom is 0.422 e. The number of rotatable bonds is 2. The Morgan fingerprint density at radius 1 is 1.50 bits per heavy atom. The summed E-state index contributed by atoms with van der Waals surface area (Å²) in [6.45, 7) is -0.180. The minimum absolute atomic E-state index is 0.126. The lowest BCUT2D eigenvalue weighted by Gasteiger charge is -2.31. The van der Waals surface area contributed by atoms with Crippen molar-refractivity contribution in [2.24, 2.45) is 0 Å². The number of aryl methyl sites for hydroxylation is 1. The van der Waals surface area contributed by atoms with Crippen LogP contribution in [0.3, 0.4) is 0 Å². The number of aliphatic hydroxyl groups is 3. The normalized spacial score (nSPS) is 32.4. The fourth-order valence-corrected chi connectivity index (χ4v) is 2.22. The second-order valence-corrected chi connectivity index (χ2v) is 4.99. The largest absolute Gasteiger partial charge is 0.422 e. The third-order valence-electron chi connectivity index (χ3n) is 3.59. The zero-order valence-electron chi connectivity index (χ0n) is 11.3. The SMILES string of the molecule is Cc1cn([C@@H]2O[C@@](CO)(C(F)(F)F)C(O)C2O)c(=O)nc1N. The molecule has 1 aromatic heterocycles. The van der Waals surface area contributed by atoms with Crippen LogP contribution in [0.2, 0.25) is 0 Å². The zero-order valence-corrected chi connectivity index (χ0v) is 11.3. The Bertz CT molecular complexity index is 634. The Hall–Kier alpha value is -1.69. The Kier molecular flexibility index (Phi) is 3.94. The van der Waals surface area contributed by atoms with Crippen LogP contribution < -0.4 is 11.4 Å². The first-order valence-corrected chi connectivity index (χ1v) is 6.12. The topological polar surface area (TPSA) is 131 Å². The van der Waals surface area contributed by atoms with Gasteiger partial charge in [-0.25, -0.2) is 4.79 Å². The third kappa shape index (κ3) is 2.26. The van der Waals surface area contributed by atoms with Crippen molar-refractivity contribution in [3.05, 3.63) is 22.2 Å². The minimum Gasteiger partial charge on any atom is -0.393 e. The average molecular weight is 325 g/mol. The number of hydrogen-bond acceptors (Lipinski definition) is 7. The number of halogens is 3. The number of aromatic nitrogens is 2. The van der Waals surface area contributed by atoms with Gasteiger partial charge >= 0.3 is 11.9 Å². The van der Waals surface area contributed by atoms with Crippen molar-refractivity contribution in [2.45, 2.75) is 37.1 Å². The first-order chi connectivity index (χ1) is 10.0. The van der Waals surface area contributed by atoms with Crippen LogP contribution in [0, 0.1) is 6.92 Å². The van der Waals surface area contributed by atoms with Gasteiger partial charge in [0.2, 0.25) is 5.60 Å². The number of hydrogen-bond donors (Lipinski definition) is 4. The van der Waals surface area contributed by atoms with E-state index in [-0.39, 0.29) is 11.4 Å². The molecule has 4 atom stereocenters. The van der Waals surface area contributed by atoms with Crippen molar-refractivity contribution < 1.29 is 33.2 Å². The maximum atomic E-state index is 13.1. The number of alkyl halides is 3. The van der Waals surface area contributed by atoms with Crippen LogP contribution in [0.4, 0.5) is 19.0 Å². The average Bonchev–Trinajstić information content (AvgIpc) is 2.67. The summed E-state index contributed by atoms with van der Waals surface area (Å²) >= 11 is 0. The van der Waals surface area contributed by atoms with Gasteiger partial charge in [-0.3, -0.25) is 4.57 Å². The quantitative estimate of drug-likeness (QED) is 0.530. The van der Waals surface area contributed by atoms with Crippen LogP contribution in [0.5, 0.6) is 0 Å². The van der Waals surface area contributed by atoms with Crippen LogP contribution in [-0.2, 0) is 4.74 Å². The molecule has 5 N–H and O–H groups in total. The summed E-state index contributed by atoms with van der Waals surface area (Å²) in [6, 6.07) is 0. The Morgan fingerprint density at radius 3 is 2.55 bits per heavy atom. The first kappa shape index (κ1) is 16.7. The van der Waals surface area contributed by atoms with E-state index in [1.54, 1.807) is 0 Å². The number of nitrogen functional groups attached to an aromatic ring is 1. The van der Waals surface area contributed by atoms with Crippen LogP contribution in [0.15, 0.2) is 11.0 Å². The molecule has 0 spiro atoms. The van der Waals surface area contributed by atoms with Gasteiger partial charge in [0.25, 0.3) is 0 Å². The highest BCUT2D eigenvalue weighted by molar-refractivity contribution is 5.35. The molecule has 1 aliphatic rings. The van der Waals surface area contributed by atoms with Crippen LogP contribution in [0.25, 0.3) is 0 Å². The standard InChI is InChI=1S/C11H14F3N3O5/c1-4-2-17(9(21)16-7(4)15)8-5(19)6(20)10(3-18,22-8)11(12,13)14/h2,5-6,8,18-20H,3H2,1H3,(H2,15,16,21)/t5?,6?,8-,10-/m1/s1. The molecule has 0 bridgehead atoms. The molecular formula is C11H14F3N3O5. The second kappa shape index (κ2) is 5.19. The fraction of sp³-hybridized carbons (Fsp3) is 0.636. The molecule has 2 heterocycles. The van der Waals surface area contributed by atoms with E-state index in [1.165, 1.54) is 6.92 Å². The molecule has 0 amide bonds. The number of nitrogens with two attached hydrogens (primary N) is 1. The molecule has 124 valence electrons. The lowest BCUT2D eigenvalue weighted by atomic mass is 9.95. The Morgan fingerprint density at radius 2 is 2.09 bits per heavy atom. The number of anilines is 1. The van der Waals surface area contributed by atoms with E-state index in [4.69, 9.17) is 10.8 Å². The number of aliphatic hydroxyl groups excluding tert-OH is 3. The summed E-state index contributed by atoms with van der Waals surface area (Å²) in [6.07, 6.45) is -10.6. The van der Waals surface area contributed by atoms with E-state index >= 15 is 0 Å². The molecule has 0 aliphatic carbocycles. The molecule has 22 heavy (non-hydrogen) atoms. The van der Waals surface area contributed by atoms with Gasteiger partial charge in [-0.05, 0) is 6.92 Å². The highest BCUT2D eigenvalue weighted by Crippen LogP contribution is 2.46. The van der Waals surface area contributed by atoms with E-state index in [0.29, 0.717) is 4.57 Å². The molecule has 0 radical (unpaired) electrons. The molecule has 2 rings (SSSR count). The number of ether oxygens (including phenoxy) is 1. The summed E-state index contributed by atoms with van der Waals surface area (Å²) in [7, 11) is 0. The van der Waals surface area contributed by atoms with E-state index in [0.717, 1.165) is 6.20 Å². The van der Waals surface area contributed by atoms with Crippen LogP contribution >= 0.6 is 0 Å². The van der Waals surface area contributed by atoms with Gasteiger partial charge in [0, 0.05) is 11.8 Å². The molecule has 0 aromatic carbocycles. The van der Waals surface area contributed by atoms with Crippen molar-refractivity contribution in [2.75, 3.05) is 12.3 Å². The zero-order chi connectivity index (χ0) is 16.9. The van der Waals surface area contributed by atoms with E-state index < -0.39 is 42.5 Å². The van der Waals surface area contributed by atoms with E-state index in [9.17, 15) is 28.2 Å². The van der Waals surface area contributed by atoms with Gasteiger partial charge < -0.3 is 25.8 Å². The molecule has 1 saturated heterocycles. The summed E-state index contributed by atoms with van der Waals surface area (Å²) < 4.78 is 44.5. The van der Waals surface area contributed by atoms with E-state index in [1.807, 2.05) is 0 Å². The van der Waals surface area contributed by atoms with Crippen molar-refractivity contribution in [1.29, 1.82) is 0 Å². The molecule has 1 aromatic rings. The molecule has 1 fully saturated rings. The van der Waals surface area contributed by atoms with E-state index in [2.05, 4.69) is 9.72 Å². The summed E-state index contributed by atoms with van der Waals surface area (Å²) in [5.41, 5.74) is 1.21. The molecule has 8 nitrogen and oxygen atoms in total. The van der Waals surface area contributed by atoms with Crippen molar-refractivity contribution in [3.63, 3.8) is 0 Å². The van der Waals surface area contributed by atoms with Crippen LogP contribution in [-0.4, -0.2) is 55.5 Å². The summed E-state index contributed by atoms with van der Waals surface area (Å²) in [5.74, 6) is -0.126. The lowest BCUT2D eigenvalue weighted by molar-refractivity contribution is -0.306. The maximum absolute atomic E-state index is 13.1. The van der Waals surface area contributed by atoms with Crippen molar-refractivity contribution in [3.8, 4) is 0 Å². The molecule has 2 unspecified atom stereocenters. The Labute approximate surface area is 121 Å². The van der Waals surface area contributed by atoms with Crippen molar-refractivity contribution in [1.82, 2.24) is 9.55 Å². The molecule has 11 heteroatoms. The smallest absolute Gasteiger partial charge is 0.393 e. The first-order valence-electron chi connectivity index (χ1n) is 6.12. The second-order valence-electron chi connectivity index (χ2n) is 4.99. The van der Waals surface area contributed by atoms with Crippen LogP contribution in [0.1, 0.15) is 11.8 Å². The molecular weight excluding hydrogens is 311 g/mol. The van der Waals surface area contributed by atoms with Gasteiger partial charge in [0.15, 0.2) is 6.23 Å². The van der Waals surface area contributed by atoms with Gasteiger partial charge in [-0.2, -0.15) is 18.2 Å². The predicted molar refractivity (Wildman–Crippen MR) is 65.7 cm³/mol. The Balaban J connectivity index is 2.52. The summed E-state index contributed by atoms with van der Waals surface area (Å²) in [4.78, 5) is 15.1. The molecule has 1 aliphatic heterocycles. The van der Waals surface area contributed by atoms with Gasteiger partial charge in [-0.1, -0.05) is 0 Å². The van der Waals surface area contributed by atoms with Gasteiger partial charge in [0.05, 0.1) is 6.61 Å². The predicted octanol–water partition coefficient (Wildman–Crippen LogP) is -1.32. The number of nitrogens with zero attached hydrogens (tertiary/aromatic N) is 2. The summed E-state index contributed by atoms with van der Waals surface area (Å²) in [5, 5.41) is 28.5. The monoisotopic (exact) mass is 325 g/mol. The van der Waals surface area contributed by atoms with Crippen molar-refractivity contribution >= 4 is 5.82 Å². The fourth-order valence-electron chi connectivity index (χ4n) is 2.22. The minimum atomic E-state index is -5.17. The third-order valence-corrected chi connectivity index (χ3v) is 3.59. The van der Waals surface area contributed by atoms with Gasteiger partial charge in [-0.15, -0.1) is 0 Å².